The Balaban J connectivity index is 2.94. The summed E-state index contributed by atoms with van der Waals surface area (Å²) in [6.45, 7) is 8.55. The molecule has 7 heteroatoms. The predicted octanol–water partition coefficient (Wildman–Crippen LogP) is 4.54. The zero-order valence-electron chi connectivity index (χ0n) is 15.5. The lowest BCUT2D eigenvalue weighted by atomic mass is 10.1. The second-order valence-electron chi connectivity index (χ2n) is 7.56. The second kappa shape index (κ2) is 8.34. The summed E-state index contributed by atoms with van der Waals surface area (Å²) < 4.78 is 35.0. The highest BCUT2D eigenvalue weighted by molar-refractivity contribution is 6.83. The average molecular weight is 369 g/mol. The SMILES string of the molecule is CC(C)(C)OC(=O)NCc1ccc(C#C[Si](C)(C)C)cc1OC(F)F. The van der Waals surface area contributed by atoms with Crippen molar-refractivity contribution in [1.82, 2.24) is 5.32 Å². The maximum atomic E-state index is 12.7. The van der Waals surface area contributed by atoms with Gasteiger partial charge in [0.25, 0.3) is 0 Å². The first kappa shape index (κ1) is 21.0. The monoisotopic (exact) mass is 369 g/mol. The molecule has 1 aromatic rings. The van der Waals surface area contributed by atoms with E-state index >= 15 is 0 Å². The van der Waals surface area contributed by atoms with Crippen molar-refractivity contribution >= 4 is 14.2 Å². The Morgan fingerprint density at radius 1 is 1.28 bits per heavy atom. The Labute approximate surface area is 148 Å². The van der Waals surface area contributed by atoms with E-state index in [-0.39, 0.29) is 12.3 Å². The lowest BCUT2D eigenvalue weighted by Gasteiger charge is -2.20. The molecule has 0 aromatic heterocycles. The van der Waals surface area contributed by atoms with Gasteiger partial charge in [0.2, 0.25) is 0 Å². The van der Waals surface area contributed by atoms with E-state index in [1.807, 2.05) is 0 Å². The molecule has 1 aromatic carbocycles. The van der Waals surface area contributed by atoms with Crippen LogP contribution in [0.25, 0.3) is 0 Å². The van der Waals surface area contributed by atoms with Crippen LogP contribution in [0.3, 0.4) is 0 Å². The van der Waals surface area contributed by atoms with Crippen molar-refractivity contribution in [2.75, 3.05) is 0 Å². The van der Waals surface area contributed by atoms with E-state index in [1.54, 1.807) is 32.9 Å². The van der Waals surface area contributed by atoms with Gasteiger partial charge in [0.15, 0.2) is 0 Å². The normalized spacial score (nSPS) is 11.6. The molecular weight excluding hydrogens is 344 g/mol. The van der Waals surface area contributed by atoms with Gasteiger partial charge in [0.05, 0.1) is 0 Å². The summed E-state index contributed by atoms with van der Waals surface area (Å²) in [7, 11) is -1.58. The largest absolute Gasteiger partial charge is 0.444 e. The predicted molar refractivity (Wildman–Crippen MR) is 96.4 cm³/mol. The molecular formula is C18H25F2NO3Si. The lowest BCUT2D eigenvalue weighted by molar-refractivity contribution is -0.0504. The minimum Gasteiger partial charge on any atom is -0.444 e. The van der Waals surface area contributed by atoms with Crippen LogP contribution in [0, 0.1) is 11.5 Å². The van der Waals surface area contributed by atoms with E-state index < -0.39 is 26.4 Å². The third-order valence-corrected chi connectivity index (χ3v) is 3.56. The molecule has 0 saturated heterocycles. The van der Waals surface area contributed by atoms with E-state index in [9.17, 15) is 13.6 Å². The van der Waals surface area contributed by atoms with Crippen LogP contribution in [0.4, 0.5) is 13.6 Å². The number of alkyl halides is 2. The van der Waals surface area contributed by atoms with Gasteiger partial charge in [-0.15, -0.1) is 5.54 Å². The molecule has 0 fully saturated rings. The fraction of sp³-hybridized carbons (Fsp3) is 0.500. The lowest BCUT2D eigenvalue weighted by Crippen LogP contribution is -2.32. The van der Waals surface area contributed by atoms with Crippen molar-refractivity contribution in [2.24, 2.45) is 0 Å². The summed E-state index contributed by atoms with van der Waals surface area (Å²) in [5.41, 5.74) is 3.55. The molecule has 0 radical (unpaired) electrons. The van der Waals surface area contributed by atoms with Gasteiger partial charge in [-0.25, -0.2) is 4.79 Å². The van der Waals surface area contributed by atoms with Crippen LogP contribution < -0.4 is 10.1 Å². The summed E-state index contributed by atoms with van der Waals surface area (Å²) in [5.74, 6) is 2.99. The molecule has 0 heterocycles. The molecule has 0 bridgehead atoms. The quantitative estimate of drug-likeness (QED) is 0.626. The van der Waals surface area contributed by atoms with Crippen LogP contribution in [-0.4, -0.2) is 26.4 Å². The minimum atomic E-state index is -2.96. The van der Waals surface area contributed by atoms with Gasteiger partial charge in [-0.05, 0) is 32.9 Å². The molecule has 1 rings (SSSR count). The maximum absolute atomic E-state index is 12.7. The highest BCUT2D eigenvalue weighted by Crippen LogP contribution is 2.22. The molecule has 0 atom stereocenters. The van der Waals surface area contributed by atoms with Gasteiger partial charge in [-0.3, -0.25) is 0 Å². The molecule has 25 heavy (non-hydrogen) atoms. The first-order chi connectivity index (χ1) is 11.4. The van der Waals surface area contributed by atoms with E-state index in [0.29, 0.717) is 11.1 Å². The van der Waals surface area contributed by atoms with Gasteiger partial charge in [0.1, 0.15) is 19.4 Å². The topological polar surface area (TPSA) is 47.6 Å². The number of amides is 1. The van der Waals surface area contributed by atoms with E-state index in [4.69, 9.17) is 4.74 Å². The van der Waals surface area contributed by atoms with Gasteiger partial charge in [-0.2, -0.15) is 8.78 Å². The Morgan fingerprint density at radius 2 is 1.92 bits per heavy atom. The van der Waals surface area contributed by atoms with Crippen molar-refractivity contribution < 1.29 is 23.0 Å². The zero-order valence-corrected chi connectivity index (χ0v) is 16.5. The van der Waals surface area contributed by atoms with Crippen LogP contribution >= 0.6 is 0 Å². The highest BCUT2D eigenvalue weighted by atomic mass is 28.3. The van der Waals surface area contributed by atoms with Crippen LogP contribution in [0.5, 0.6) is 5.75 Å². The third kappa shape index (κ3) is 9.10. The summed E-state index contributed by atoms with van der Waals surface area (Å²) in [5, 5.41) is 2.53. The Hall–Kier alpha value is -2.07. The highest BCUT2D eigenvalue weighted by Gasteiger charge is 2.17. The van der Waals surface area contributed by atoms with Crippen molar-refractivity contribution in [3.8, 4) is 17.2 Å². The molecule has 4 nitrogen and oxygen atoms in total. The number of alkyl carbamates (subject to hydrolysis) is 1. The Bertz CT molecular complexity index is 668. The summed E-state index contributed by atoms with van der Waals surface area (Å²) in [6.07, 6.45) is -0.627. The standard InChI is InChI=1S/C18H25F2NO3Si/c1-18(2,3)24-17(22)21-12-14-8-7-13(9-10-25(4,5)6)11-15(14)23-16(19)20/h7-8,11,16H,12H2,1-6H3,(H,21,22). The number of carbonyl (C=O) groups excluding carboxylic acids is 1. The van der Waals surface area contributed by atoms with E-state index in [0.717, 1.165) is 0 Å². The van der Waals surface area contributed by atoms with Crippen LogP contribution in [-0.2, 0) is 11.3 Å². The number of benzene rings is 1. The average Bonchev–Trinajstić information content (AvgIpc) is 2.40. The molecule has 0 unspecified atom stereocenters. The third-order valence-electron chi connectivity index (χ3n) is 2.69. The van der Waals surface area contributed by atoms with Gasteiger partial charge in [0, 0.05) is 17.7 Å². The number of nitrogens with one attached hydrogen (secondary N) is 1. The fourth-order valence-electron chi connectivity index (χ4n) is 1.73. The molecule has 1 N–H and O–H groups in total. The van der Waals surface area contributed by atoms with Crippen molar-refractivity contribution in [1.29, 1.82) is 0 Å². The fourth-order valence-corrected chi connectivity index (χ4v) is 2.24. The molecule has 138 valence electrons. The number of halogens is 2. The van der Waals surface area contributed by atoms with Crippen LogP contribution in [0.2, 0.25) is 19.6 Å². The first-order valence-corrected chi connectivity index (χ1v) is 11.4. The molecule has 1 amide bonds. The molecule has 0 aliphatic heterocycles. The molecule has 0 spiro atoms. The number of hydrogen-bond acceptors (Lipinski definition) is 3. The van der Waals surface area contributed by atoms with Gasteiger partial charge < -0.3 is 14.8 Å². The van der Waals surface area contributed by atoms with E-state index in [1.165, 1.54) is 6.07 Å². The summed E-state index contributed by atoms with van der Waals surface area (Å²) in [4.78, 5) is 11.7. The van der Waals surface area contributed by atoms with Crippen LogP contribution in [0.15, 0.2) is 18.2 Å². The van der Waals surface area contributed by atoms with Crippen molar-refractivity contribution in [2.45, 2.75) is 59.2 Å². The van der Waals surface area contributed by atoms with Gasteiger partial charge in [-0.1, -0.05) is 31.6 Å². The van der Waals surface area contributed by atoms with E-state index in [2.05, 4.69) is 41.2 Å². The number of hydrogen-bond donors (Lipinski definition) is 1. The number of carbonyl (C=O) groups is 1. The molecule has 0 aliphatic rings. The Kier molecular flexibility index (Phi) is 7.00. The van der Waals surface area contributed by atoms with Crippen LogP contribution in [0.1, 0.15) is 31.9 Å². The molecule has 0 aliphatic carbocycles. The zero-order chi connectivity index (χ0) is 19.3. The maximum Gasteiger partial charge on any atom is 0.407 e. The minimum absolute atomic E-state index is 0.00608. The summed E-state index contributed by atoms with van der Waals surface area (Å²) in [6, 6.07) is 4.80. The second-order valence-corrected chi connectivity index (χ2v) is 12.3. The summed E-state index contributed by atoms with van der Waals surface area (Å²) >= 11 is 0. The Morgan fingerprint density at radius 3 is 2.44 bits per heavy atom. The van der Waals surface area contributed by atoms with Crippen molar-refractivity contribution in [3.05, 3.63) is 29.3 Å². The van der Waals surface area contributed by atoms with Crippen molar-refractivity contribution in [3.63, 3.8) is 0 Å². The molecule has 0 saturated carbocycles. The first-order valence-electron chi connectivity index (χ1n) is 7.93. The smallest absolute Gasteiger partial charge is 0.407 e. The van der Waals surface area contributed by atoms with Gasteiger partial charge >= 0.3 is 12.7 Å². The number of rotatable bonds is 4. The number of ether oxygens (including phenoxy) is 2.